The fourth-order valence-electron chi connectivity index (χ4n) is 2.94. The molecule has 0 saturated heterocycles. The number of aliphatic hydroxyl groups is 1. The van der Waals surface area contributed by atoms with E-state index in [-0.39, 0.29) is 23.0 Å². The van der Waals surface area contributed by atoms with Crippen LogP contribution in [0.2, 0.25) is 5.28 Å². The van der Waals surface area contributed by atoms with Gasteiger partial charge in [0.25, 0.3) is 5.56 Å². The number of hydrogen-bond donors (Lipinski definition) is 1. The van der Waals surface area contributed by atoms with Gasteiger partial charge in [0.05, 0.1) is 10.6 Å². The minimum absolute atomic E-state index is 0.0336. The normalized spacial score (nSPS) is 22.7. The summed E-state index contributed by atoms with van der Waals surface area (Å²) in [5, 5.41) is 10.6. The van der Waals surface area contributed by atoms with E-state index in [9.17, 15) is 9.90 Å². The fraction of sp³-hybridized carbons (Fsp3) is 0.500. The lowest BCUT2D eigenvalue weighted by atomic mass is 9.92. The van der Waals surface area contributed by atoms with Crippen LogP contribution in [0.15, 0.2) is 15.5 Å². The van der Waals surface area contributed by atoms with Crippen molar-refractivity contribution in [2.45, 2.75) is 44.8 Å². The van der Waals surface area contributed by atoms with E-state index >= 15 is 0 Å². The molecule has 0 unspecified atom stereocenters. The molecule has 2 aromatic heterocycles. The van der Waals surface area contributed by atoms with E-state index in [4.69, 9.17) is 11.6 Å². The second-order valence-corrected chi connectivity index (χ2v) is 6.58. The highest BCUT2D eigenvalue weighted by atomic mass is 79.9. The van der Waals surface area contributed by atoms with Crippen LogP contribution in [0.25, 0.3) is 11.0 Å². The van der Waals surface area contributed by atoms with Crippen molar-refractivity contribution in [3.05, 3.63) is 31.9 Å². The summed E-state index contributed by atoms with van der Waals surface area (Å²) in [5.74, 6) is 0. The van der Waals surface area contributed by atoms with Gasteiger partial charge >= 0.3 is 0 Å². The molecular formula is C14H15BrClN3O2. The Hall–Kier alpha value is -0.980. The summed E-state index contributed by atoms with van der Waals surface area (Å²) < 4.78 is 2.23. The molecule has 1 aliphatic carbocycles. The minimum Gasteiger partial charge on any atom is -0.393 e. The minimum atomic E-state index is -0.268. The number of nitrogens with zero attached hydrogens (tertiary/aromatic N) is 3. The maximum absolute atomic E-state index is 12.6. The lowest BCUT2D eigenvalue weighted by molar-refractivity contribution is 0.110. The van der Waals surface area contributed by atoms with E-state index in [1.165, 1.54) is 0 Å². The topological polar surface area (TPSA) is 68.0 Å². The van der Waals surface area contributed by atoms with Crippen LogP contribution < -0.4 is 5.56 Å². The molecule has 1 saturated carbocycles. The van der Waals surface area contributed by atoms with Crippen LogP contribution in [0.5, 0.6) is 0 Å². The molecule has 0 atom stereocenters. The van der Waals surface area contributed by atoms with Gasteiger partial charge in [-0.15, -0.1) is 0 Å². The maximum Gasteiger partial charge on any atom is 0.267 e. The van der Waals surface area contributed by atoms with E-state index in [0.717, 1.165) is 23.8 Å². The summed E-state index contributed by atoms with van der Waals surface area (Å²) in [6, 6.07) is 0.0336. The highest BCUT2D eigenvalue weighted by molar-refractivity contribution is 9.10. The quantitative estimate of drug-likeness (QED) is 0.781. The number of hydrogen-bond acceptors (Lipinski definition) is 4. The van der Waals surface area contributed by atoms with Crippen molar-refractivity contribution in [1.29, 1.82) is 0 Å². The van der Waals surface area contributed by atoms with Crippen LogP contribution in [0, 0.1) is 6.92 Å². The molecule has 2 aromatic rings. The van der Waals surface area contributed by atoms with Crippen LogP contribution >= 0.6 is 27.5 Å². The first-order valence-electron chi connectivity index (χ1n) is 6.90. The van der Waals surface area contributed by atoms with Gasteiger partial charge in [0, 0.05) is 17.6 Å². The third kappa shape index (κ3) is 2.60. The average Bonchev–Trinajstić information content (AvgIpc) is 2.47. The number of rotatable bonds is 1. The molecule has 0 aromatic carbocycles. The highest BCUT2D eigenvalue weighted by Gasteiger charge is 2.25. The lowest BCUT2D eigenvalue weighted by Gasteiger charge is -2.28. The van der Waals surface area contributed by atoms with Crippen molar-refractivity contribution >= 4 is 38.6 Å². The second-order valence-electron chi connectivity index (χ2n) is 5.45. The number of aliphatic hydroxyl groups excluding tert-OH is 1. The highest BCUT2D eigenvalue weighted by Crippen LogP contribution is 2.31. The number of aromatic nitrogens is 3. The number of aryl methyl sites for hydroxylation is 1. The molecule has 1 N–H and O–H groups in total. The van der Waals surface area contributed by atoms with Crippen molar-refractivity contribution in [2.24, 2.45) is 0 Å². The van der Waals surface area contributed by atoms with Gasteiger partial charge < -0.3 is 5.11 Å². The number of halogens is 2. The molecule has 0 radical (unpaired) electrons. The van der Waals surface area contributed by atoms with Crippen molar-refractivity contribution in [1.82, 2.24) is 14.5 Å². The Labute approximate surface area is 135 Å². The molecular weight excluding hydrogens is 358 g/mol. The first-order valence-corrected chi connectivity index (χ1v) is 8.07. The number of pyridine rings is 1. The number of fused-ring (bicyclic) bond motifs is 1. The summed E-state index contributed by atoms with van der Waals surface area (Å²) in [5.41, 5.74) is 1.29. The standard InChI is InChI=1S/C14H15BrClN3O2/c1-7-10-6-17-14(16)18-12(10)19(13(21)11(7)15)8-2-4-9(20)5-3-8/h6,8-9,20H,2-5H2,1H3/t8-,9+. The Morgan fingerprint density at radius 2 is 2.05 bits per heavy atom. The predicted molar refractivity (Wildman–Crippen MR) is 84.8 cm³/mol. The van der Waals surface area contributed by atoms with Gasteiger partial charge in [-0.2, -0.15) is 4.98 Å². The molecule has 2 heterocycles. The summed E-state index contributed by atoms with van der Waals surface area (Å²) in [4.78, 5) is 20.9. The van der Waals surface area contributed by atoms with Crippen molar-refractivity contribution in [3.63, 3.8) is 0 Å². The largest absolute Gasteiger partial charge is 0.393 e. The average molecular weight is 373 g/mol. The Bertz CT molecular complexity index is 754. The van der Waals surface area contributed by atoms with E-state index < -0.39 is 0 Å². The predicted octanol–water partition coefficient (Wildman–Crippen LogP) is 2.99. The zero-order chi connectivity index (χ0) is 15.1. The van der Waals surface area contributed by atoms with Gasteiger partial charge in [0.15, 0.2) is 0 Å². The third-order valence-electron chi connectivity index (χ3n) is 4.14. The molecule has 21 heavy (non-hydrogen) atoms. The molecule has 1 aliphatic rings. The van der Waals surface area contributed by atoms with Gasteiger partial charge in [0.2, 0.25) is 5.28 Å². The molecule has 7 heteroatoms. The van der Waals surface area contributed by atoms with Crippen molar-refractivity contribution in [3.8, 4) is 0 Å². The van der Waals surface area contributed by atoms with Crippen LogP contribution in [-0.2, 0) is 0 Å². The molecule has 0 bridgehead atoms. The molecule has 0 amide bonds. The lowest BCUT2D eigenvalue weighted by Crippen LogP contribution is -2.31. The molecule has 0 spiro atoms. The first-order chi connectivity index (χ1) is 9.99. The van der Waals surface area contributed by atoms with Crippen molar-refractivity contribution < 1.29 is 5.11 Å². The maximum atomic E-state index is 12.6. The first kappa shape index (κ1) is 14.9. The van der Waals surface area contributed by atoms with Gasteiger partial charge in [-0.1, -0.05) is 0 Å². The third-order valence-corrected chi connectivity index (χ3v) is 5.25. The van der Waals surface area contributed by atoms with E-state index in [1.807, 2.05) is 6.92 Å². The van der Waals surface area contributed by atoms with Gasteiger partial charge in [-0.25, -0.2) is 4.98 Å². The summed E-state index contributed by atoms with van der Waals surface area (Å²) in [6.07, 6.45) is 4.29. The van der Waals surface area contributed by atoms with Gasteiger partial charge in [-0.05, 0) is 65.7 Å². The summed E-state index contributed by atoms with van der Waals surface area (Å²) in [6.45, 7) is 1.86. The SMILES string of the molecule is Cc1c(Br)c(=O)n([C@H]2CC[C@@H](O)CC2)c2nc(Cl)ncc12. The zero-order valence-corrected chi connectivity index (χ0v) is 13.9. The Kier molecular flexibility index (Phi) is 4.03. The molecule has 112 valence electrons. The molecule has 3 rings (SSSR count). The Morgan fingerprint density at radius 1 is 1.38 bits per heavy atom. The molecule has 5 nitrogen and oxygen atoms in total. The van der Waals surface area contributed by atoms with Crippen LogP contribution in [-0.4, -0.2) is 25.7 Å². The second kappa shape index (κ2) is 5.66. The van der Waals surface area contributed by atoms with Crippen molar-refractivity contribution in [2.75, 3.05) is 0 Å². The monoisotopic (exact) mass is 371 g/mol. The van der Waals surface area contributed by atoms with Gasteiger partial charge in [0.1, 0.15) is 5.65 Å². The van der Waals surface area contributed by atoms with Gasteiger partial charge in [-0.3, -0.25) is 9.36 Å². The molecule has 0 aliphatic heterocycles. The van der Waals surface area contributed by atoms with Crippen LogP contribution in [0.4, 0.5) is 0 Å². The summed E-state index contributed by atoms with van der Waals surface area (Å²) in [7, 11) is 0. The van der Waals surface area contributed by atoms with E-state index in [1.54, 1.807) is 10.8 Å². The van der Waals surface area contributed by atoms with Crippen LogP contribution in [0.1, 0.15) is 37.3 Å². The Morgan fingerprint density at radius 3 is 2.71 bits per heavy atom. The Balaban J connectivity index is 2.25. The zero-order valence-electron chi connectivity index (χ0n) is 11.5. The summed E-state index contributed by atoms with van der Waals surface area (Å²) >= 11 is 9.28. The van der Waals surface area contributed by atoms with Crippen LogP contribution in [0.3, 0.4) is 0 Å². The smallest absolute Gasteiger partial charge is 0.267 e. The van der Waals surface area contributed by atoms with E-state index in [0.29, 0.717) is 23.0 Å². The fourth-order valence-corrected chi connectivity index (χ4v) is 3.47. The molecule has 1 fully saturated rings. The van der Waals surface area contributed by atoms with E-state index in [2.05, 4.69) is 25.9 Å².